The summed E-state index contributed by atoms with van der Waals surface area (Å²) >= 11 is 25.4. The van der Waals surface area contributed by atoms with Crippen LogP contribution in [0.2, 0.25) is 20.1 Å². The van der Waals surface area contributed by atoms with Crippen LogP contribution in [0.4, 0.5) is 0 Å². The van der Waals surface area contributed by atoms with Crippen molar-refractivity contribution in [2.75, 3.05) is 18.9 Å². The number of nitrogens with one attached hydrogen (secondary N) is 1. The zero-order chi connectivity index (χ0) is 18.2. The van der Waals surface area contributed by atoms with Gasteiger partial charge in [0.05, 0.1) is 5.02 Å². The summed E-state index contributed by atoms with van der Waals surface area (Å²) in [4.78, 5) is 11.8. The van der Waals surface area contributed by atoms with Crippen molar-refractivity contribution in [2.45, 2.75) is 5.75 Å². The van der Waals surface area contributed by atoms with Crippen molar-refractivity contribution in [3.05, 3.63) is 62.1 Å². The summed E-state index contributed by atoms with van der Waals surface area (Å²) in [6.45, 7) is 0.432. The van der Waals surface area contributed by atoms with E-state index in [9.17, 15) is 4.79 Å². The molecule has 0 radical (unpaired) electrons. The summed E-state index contributed by atoms with van der Waals surface area (Å²) in [5.41, 5.74) is 1.02. The second-order valence-corrected chi connectivity index (χ2v) is 7.79. The van der Waals surface area contributed by atoms with Gasteiger partial charge in [0.1, 0.15) is 5.75 Å². The van der Waals surface area contributed by atoms with E-state index in [0.717, 1.165) is 17.1 Å². The van der Waals surface area contributed by atoms with Crippen molar-refractivity contribution in [1.82, 2.24) is 5.32 Å². The number of hydrogen-bond acceptors (Lipinski definition) is 3. The number of rotatable bonds is 8. The molecular formula is C17H15Cl4NO2S. The van der Waals surface area contributed by atoms with Crippen LogP contribution in [0, 0.1) is 0 Å². The lowest BCUT2D eigenvalue weighted by molar-refractivity contribution is -0.122. The van der Waals surface area contributed by atoms with Gasteiger partial charge in [0, 0.05) is 33.1 Å². The molecule has 0 aromatic heterocycles. The second-order valence-electron chi connectivity index (χ2n) is 5.00. The Bertz CT molecular complexity index is 743. The molecule has 0 fully saturated rings. The van der Waals surface area contributed by atoms with Crippen LogP contribution < -0.4 is 10.1 Å². The van der Waals surface area contributed by atoms with Crippen molar-refractivity contribution in [2.24, 2.45) is 0 Å². The lowest BCUT2D eigenvalue weighted by Crippen LogP contribution is -2.30. The van der Waals surface area contributed by atoms with Crippen LogP contribution in [-0.2, 0) is 10.5 Å². The third kappa shape index (κ3) is 7.16. The zero-order valence-corrected chi connectivity index (χ0v) is 16.9. The molecule has 0 spiro atoms. The van der Waals surface area contributed by atoms with E-state index in [1.165, 1.54) is 0 Å². The number of amides is 1. The van der Waals surface area contributed by atoms with Crippen LogP contribution in [0.5, 0.6) is 5.75 Å². The molecule has 8 heteroatoms. The summed E-state index contributed by atoms with van der Waals surface area (Å²) in [7, 11) is 0. The average molecular weight is 439 g/mol. The Kier molecular flexibility index (Phi) is 8.53. The largest absolute Gasteiger partial charge is 0.482 e. The minimum absolute atomic E-state index is 0.102. The van der Waals surface area contributed by atoms with Gasteiger partial charge in [-0.05, 0) is 35.9 Å². The Hall–Kier alpha value is -0.780. The SMILES string of the molecule is O=C(COc1ccc(Cl)cc1Cl)NCCSCc1ccc(Cl)cc1Cl. The van der Waals surface area contributed by atoms with Gasteiger partial charge in [-0.3, -0.25) is 4.79 Å². The first-order valence-corrected chi connectivity index (χ1v) is 9.98. The molecule has 0 atom stereocenters. The van der Waals surface area contributed by atoms with Crippen LogP contribution >= 0.6 is 58.2 Å². The van der Waals surface area contributed by atoms with Crippen LogP contribution in [0.25, 0.3) is 0 Å². The van der Waals surface area contributed by atoms with E-state index in [4.69, 9.17) is 51.1 Å². The minimum atomic E-state index is -0.212. The van der Waals surface area contributed by atoms with E-state index < -0.39 is 0 Å². The van der Waals surface area contributed by atoms with Crippen LogP contribution in [-0.4, -0.2) is 24.8 Å². The summed E-state index contributed by atoms with van der Waals surface area (Å²) in [6, 6.07) is 10.3. The van der Waals surface area contributed by atoms with Gasteiger partial charge in [-0.1, -0.05) is 52.5 Å². The molecule has 1 N–H and O–H groups in total. The van der Waals surface area contributed by atoms with Crippen LogP contribution in [0.15, 0.2) is 36.4 Å². The fraction of sp³-hybridized carbons (Fsp3) is 0.235. The normalized spacial score (nSPS) is 10.6. The number of benzene rings is 2. The van der Waals surface area contributed by atoms with Gasteiger partial charge in [-0.2, -0.15) is 11.8 Å². The third-order valence-corrected chi connectivity index (χ3v) is 5.22. The van der Waals surface area contributed by atoms with Crippen LogP contribution in [0.3, 0.4) is 0 Å². The van der Waals surface area contributed by atoms with Crippen molar-refractivity contribution >= 4 is 64.1 Å². The van der Waals surface area contributed by atoms with E-state index in [-0.39, 0.29) is 12.5 Å². The first kappa shape index (κ1) is 20.5. The summed E-state index contributed by atoms with van der Waals surface area (Å²) in [5, 5.41) is 4.94. The number of halogens is 4. The molecule has 0 aliphatic carbocycles. The molecule has 0 saturated heterocycles. The molecule has 25 heavy (non-hydrogen) atoms. The van der Waals surface area contributed by atoms with E-state index in [1.54, 1.807) is 36.0 Å². The Balaban J connectivity index is 1.63. The maximum absolute atomic E-state index is 11.8. The second kappa shape index (κ2) is 10.4. The predicted octanol–water partition coefficient (Wildman–Crippen LogP) is 5.73. The maximum atomic E-state index is 11.8. The fourth-order valence-electron chi connectivity index (χ4n) is 1.87. The van der Waals surface area contributed by atoms with E-state index in [2.05, 4.69) is 5.32 Å². The topological polar surface area (TPSA) is 38.3 Å². The highest BCUT2D eigenvalue weighted by atomic mass is 35.5. The van der Waals surface area contributed by atoms with Crippen LogP contribution in [0.1, 0.15) is 5.56 Å². The molecule has 2 rings (SSSR count). The Labute approximate surface area is 170 Å². The monoisotopic (exact) mass is 437 g/mol. The molecule has 2 aromatic rings. The van der Waals surface area contributed by atoms with Gasteiger partial charge in [0.15, 0.2) is 6.61 Å². The molecular weight excluding hydrogens is 424 g/mol. The van der Waals surface area contributed by atoms with Crippen molar-refractivity contribution in [1.29, 1.82) is 0 Å². The van der Waals surface area contributed by atoms with Gasteiger partial charge >= 0.3 is 0 Å². The van der Waals surface area contributed by atoms with Gasteiger partial charge < -0.3 is 10.1 Å². The first-order valence-electron chi connectivity index (χ1n) is 7.32. The highest BCUT2D eigenvalue weighted by molar-refractivity contribution is 7.98. The summed E-state index contributed by atoms with van der Waals surface area (Å²) < 4.78 is 5.37. The van der Waals surface area contributed by atoms with Gasteiger partial charge in [-0.25, -0.2) is 0 Å². The van der Waals surface area contributed by atoms with Crippen molar-refractivity contribution in [3.63, 3.8) is 0 Å². The van der Waals surface area contributed by atoms with Crippen molar-refractivity contribution < 1.29 is 9.53 Å². The summed E-state index contributed by atoms with van der Waals surface area (Å²) in [5.74, 6) is 1.72. The maximum Gasteiger partial charge on any atom is 0.257 e. The number of thioether (sulfide) groups is 1. The number of ether oxygens (including phenoxy) is 1. The molecule has 0 aliphatic rings. The molecule has 0 bridgehead atoms. The van der Waals surface area contributed by atoms with Crippen molar-refractivity contribution in [3.8, 4) is 5.75 Å². The fourth-order valence-corrected chi connectivity index (χ4v) is 3.75. The number of carbonyl (C=O) groups excluding carboxylic acids is 1. The average Bonchev–Trinajstić information content (AvgIpc) is 2.55. The molecule has 134 valence electrons. The Morgan fingerprint density at radius 2 is 1.68 bits per heavy atom. The first-order chi connectivity index (χ1) is 12.0. The lowest BCUT2D eigenvalue weighted by Gasteiger charge is -2.09. The molecule has 0 unspecified atom stereocenters. The quantitative estimate of drug-likeness (QED) is 0.535. The Morgan fingerprint density at radius 3 is 2.36 bits per heavy atom. The molecule has 0 saturated carbocycles. The molecule has 0 heterocycles. The predicted molar refractivity (Wildman–Crippen MR) is 108 cm³/mol. The molecule has 3 nitrogen and oxygen atoms in total. The van der Waals surface area contributed by atoms with Gasteiger partial charge in [0.25, 0.3) is 5.91 Å². The lowest BCUT2D eigenvalue weighted by atomic mass is 10.2. The van der Waals surface area contributed by atoms with E-state index in [0.29, 0.717) is 32.4 Å². The van der Waals surface area contributed by atoms with Gasteiger partial charge in [0.2, 0.25) is 0 Å². The Morgan fingerprint density at radius 1 is 1.00 bits per heavy atom. The highest BCUT2D eigenvalue weighted by Crippen LogP contribution is 2.27. The zero-order valence-electron chi connectivity index (χ0n) is 13.0. The van der Waals surface area contributed by atoms with E-state index >= 15 is 0 Å². The smallest absolute Gasteiger partial charge is 0.257 e. The minimum Gasteiger partial charge on any atom is -0.482 e. The van der Waals surface area contributed by atoms with E-state index in [1.807, 2.05) is 12.1 Å². The van der Waals surface area contributed by atoms with Gasteiger partial charge in [-0.15, -0.1) is 0 Å². The third-order valence-electron chi connectivity index (χ3n) is 3.09. The number of carbonyl (C=O) groups is 1. The summed E-state index contributed by atoms with van der Waals surface area (Å²) in [6.07, 6.45) is 0. The molecule has 2 aromatic carbocycles. The highest BCUT2D eigenvalue weighted by Gasteiger charge is 2.06. The number of hydrogen-bond donors (Lipinski definition) is 1. The standard InChI is InChI=1S/C17H15Cl4NO2S/c18-12-2-1-11(14(20)7-12)10-25-6-5-22-17(23)9-24-16-4-3-13(19)8-15(16)21/h1-4,7-8H,5-6,9-10H2,(H,22,23). The molecule has 1 amide bonds. The molecule has 0 aliphatic heterocycles.